The molecule has 3 heterocycles. The largest absolute Gasteiger partial charge is 0.461 e. The van der Waals surface area contributed by atoms with Gasteiger partial charge in [0, 0.05) is 38.8 Å². The lowest BCUT2D eigenvalue weighted by molar-refractivity contribution is 0.0878. The smallest absolute Gasteiger partial charge is 0.273 e. The van der Waals surface area contributed by atoms with Gasteiger partial charge in [-0.25, -0.2) is 0 Å². The fourth-order valence-corrected chi connectivity index (χ4v) is 3.46. The number of likely N-dealkylation sites (N-methyl/N-ethyl adjacent to an activating group) is 1. The van der Waals surface area contributed by atoms with Crippen LogP contribution in [0.1, 0.15) is 22.1 Å². The van der Waals surface area contributed by atoms with E-state index in [1.54, 1.807) is 24.5 Å². The molecule has 2 aromatic heterocycles. The topological polar surface area (TPSA) is 74.8 Å². The van der Waals surface area contributed by atoms with Gasteiger partial charge in [-0.05, 0) is 24.7 Å². The van der Waals surface area contributed by atoms with Gasteiger partial charge in [-0.2, -0.15) is 0 Å². The lowest BCUT2D eigenvalue weighted by atomic mass is 10.0. The Morgan fingerprint density at radius 2 is 1.89 bits per heavy atom. The number of rotatable bonds is 6. The number of nitrogens with one attached hydrogen (secondary N) is 1. The van der Waals surface area contributed by atoms with Crippen molar-refractivity contribution in [2.75, 3.05) is 39.8 Å². The molecule has 1 aliphatic rings. The summed E-state index contributed by atoms with van der Waals surface area (Å²) in [5.41, 5.74) is 1.44. The van der Waals surface area contributed by atoms with Crippen LogP contribution in [0, 0.1) is 0 Å². The van der Waals surface area contributed by atoms with E-state index < -0.39 is 0 Å². The highest BCUT2D eigenvalue weighted by Crippen LogP contribution is 2.23. The molecular formula is C21H24N4O3. The third-order valence-corrected chi connectivity index (χ3v) is 5.13. The predicted molar refractivity (Wildman–Crippen MR) is 105 cm³/mol. The van der Waals surface area contributed by atoms with Crippen molar-refractivity contribution in [2.24, 2.45) is 0 Å². The van der Waals surface area contributed by atoms with Crippen LogP contribution in [0.25, 0.3) is 11.5 Å². The van der Waals surface area contributed by atoms with Crippen molar-refractivity contribution in [3.05, 3.63) is 66.1 Å². The van der Waals surface area contributed by atoms with E-state index in [2.05, 4.69) is 39.5 Å². The molecular weight excluding hydrogens is 356 g/mol. The molecule has 1 fully saturated rings. The number of nitrogens with zero attached hydrogens (tertiary/aromatic N) is 3. The third-order valence-electron chi connectivity index (χ3n) is 5.13. The molecule has 0 spiro atoms. The monoisotopic (exact) mass is 380 g/mol. The summed E-state index contributed by atoms with van der Waals surface area (Å²) in [6.07, 6.45) is 1.55. The maximum absolute atomic E-state index is 12.6. The lowest BCUT2D eigenvalue weighted by Crippen LogP contribution is -2.48. The number of hydrogen-bond donors (Lipinski definition) is 1. The molecule has 1 aliphatic heterocycles. The summed E-state index contributed by atoms with van der Waals surface area (Å²) in [5, 5.41) is 6.90. The number of benzene rings is 1. The number of aromatic nitrogens is 1. The first-order chi connectivity index (χ1) is 13.7. The average Bonchev–Trinajstić information content (AvgIpc) is 3.42. The molecule has 0 aliphatic carbocycles. The second-order valence-electron chi connectivity index (χ2n) is 7.03. The Hall–Kier alpha value is -2.90. The predicted octanol–water partition coefficient (Wildman–Crippen LogP) is 2.65. The summed E-state index contributed by atoms with van der Waals surface area (Å²) >= 11 is 0. The van der Waals surface area contributed by atoms with Crippen LogP contribution in [0.4, 0.5) is 0 Å². The van der Waals surface area contributed by atoms with Crippen molar-refractivity contribution in [3.63, 3.8) is 0 Å². The first kappa shape index (κ1) is 18.5. The van der Waals surface area contributed by atoms with Gasteiger partial charge in [0.1, 0.15) is 0 Å². The second-order valence-corrected chi connectivity index (χ2v) is 7.03. The fourth-order valence-electron chi connectivity index (χ4n) is 3.46. The van der Waals surface area contributed by atoms with E-state index in [-0.39, 0.29) is 17.6 Å². The molecule has 1 N–H and O–H groups in total. The number of carbonyl (C=O) groups is 1. The van der Waals surface area contributed by atoms with E-state index in [1.165, 1.54) is 5.56 Å². The molecule has 4 rings (SSSR count). The highest BCUT2D eigenvalue weighted by molar-refractivity contribution is 5.92. The molecule has 1 amide bonds. The van der Waals surface area contributed by atoms with Crippen LogP contribution >= 0.6 is 0 Å². The highest BCUT2D eigenvalue weighted by atomic mass is 16.5. The minimum absolute atomic E-state index is 0.121. The molecule has 1 unspecified atom stereocenters. The van der Waals surface area contributed by atoms with Crippen LogP contribution in [0.2, 0.25) is 0 Å². The maximum atomic E-state index is 12.6. The molecule has 7 nitrogen and oxygen atoms in total. The zero-order valence-electron chi connectivity index (χ0n) is 15.9. The molecule has 1 saturated heterocycles. The minimum atomic E-state index is -0.253. The van der Waals surface area contributed by atoms with E-state index >= 15 is 0 Å². The van der Waals surface area contributed by atoms with Gasteiger partial charge >= 0.3 is 0 Å². The number of furan rings is 1. The standard InChI is InChI=1S/C21H24N4O3/c1-24-9-11-25(12-10-24)18(16-6-3-2-4-7-16)15-22-21(26)17-14-20(28-23-17)19-8-5-13-27-19/h2-8,13-14,18H,9-12,15H2,1H3,(H,22,26). The Kier molecular flexibility index (Phi) is 5.55. The Morgan fingerprint density at radius 3 is 2.61 bits per heavy atom. The Morgan fingerprint density at radius 1 is 1.11 bits per heavy atom. The van der Waals surface area contributed by atoms with Crippen LogP contribution in [0.3, 0.4) is 0 Å². The van der Waals surface area contributed by atoms with Gasteiger partial charge in [0.25, 0.3) is 5.91 Å². The zero-order chi connectivity index (χ0) is 19.3. The summed E-state index contributed by atoms with van der Waals surface area (Å²) in [4.78, 5) is 17.4. The average molecular weight is 380 g/mol. The first-order valence-corrected chi connectivity index (χ1v) is 9.47. The van der Waals surface area contributed by atoms with Gasteiger partial charge in [0.05, 0.1) is 12.3 Å². The third kappa shape index (κ3) is 4.16. The highest BCUT2D eigenvalue weighted by Gasteiger charge is 2.25. The van der Waals surface area contributed by atoms with Crippen LogP contribution in [0.5, 0.6) is 0 Å². The van der Waals surface area contributed by atoms with Gasteiger partial charge in [-0.3, -0.25) is 9.69 Å². The Labute approximate surface area is 163 Å². The molecule has 7 heteroatoms. The van der Waals surface area contributed by atoms with Crippen molar-refractivity contribution in [1.82, 2.24) is 20.3 Å². The van der Waals surface area contributed by atoms with Gasteiger partial charge in [-0.1, -0.05) is 35.5 Å². The van der Waals surface area contributed by atoms with Crippen molar-refractivity contribution < 1.29 is 13.7 Å². The molecule has 0 bridgehead atoms. The molecule has 0 radical (unpaired) electrons. The van der Waals surface area contributed by atoms with E-state index in [0.29, 0.717) is 18.1 Å². The van der Waals surface area contributed by atoms with Crippen molar-refractivity contribution in [2.45, 2.75) is 6.04 Å². The fraction of sp³-hybridized carbons (Fsp3) is 0.333. The van der Waals surface area contributed by atoms with Crippen LogP contribution in [-0.2, 0) is 0 Å². The summed E-state index contributed by atoms with van der Waals surface area (Å²) < 4.78 is 10.5. The van der Waals surface area contributed by atoms with Crippen LogP contribution in [0.15, 0.2) is 63.7 Å². The summed E-state index contributed by atoms with van der Waals surface area (Å²) in [5.74, 6) is 0.733. The molecule has 3 aromatic rings. The second kappa shape index (κ2) is 8.41. The normalized spacial score (nSPS) is 16.8. The summed E-state index contributed by atoms with van der Waals surface area (Å²) in [7, 11) is 2.14. The molecule has 1 atom stereocenters. The van der Waals surface area contributed by atoms with Gasteiger partial charge < -0.3 is 19.2 Å². The SMILES string of the molecule is CN1CCN(C(CNC(=O)c2cc(-c3ccco3)on2)c2ccccc2)CC1. The molecule has 28 heavy (non-hydrogen) atoms. The Bertz CT molecular complexity index is 884. The maximum Gasteiger partial charge on any atom is 0.273 e. The number of carbonyl (C=O) groups excluding carboxylic acids is 1. The van der Waals surface area contributed by atoms with E-state index in [1.807, 2.05) is 18.2 Å². The Balaban J connectivity index is 1.44. The summed E-state index contributed by atoms with van der Waals surface area (Å²) in [6, 6.07) is 15.5. The first-order valence-electron chi connectivity index (χ1n) is 9.47. The van der Waals surface area contributed by atoms with E-state index in [9.17, 15) is 4.79 Å². The van der Waals surface area contributed by atoms with Gasteiger partial charge in [0.15, 0.2) is 11.5 Å². The van der Waals surface area contributed by atoms with Crippen molar-refractivity contribution in [1.29, 1.82) is 0 Å². The minimum Gasteiger partial charge on any atom is -0.461 e. The van der Waals surface area contributed by atoms with Crippen LogP contribution < -0.4 is 5.32 Å². The molecule has 1 aromatic carbocycles. The van der Waals surface area contributed by atoms with E-state index in [0.717, 1.165) is 26.2 Å². The zero-order valence-corrected chi connectivity index (χ0v) is 15.9. The van der Waals surface area contributed by atoms with Gasteiger partial charge in [0.2, 0.25) is 5.76 Å². The van der Waals surface area contributed by atoms with Crippen molar-refractivity contribution >= 4 is 5.91 Å². The lowest BCUT2D eigenvalue weighted by Gasteiger charge is -2.38. The van der Waals surface area contributed by atoms with Crippen molar-refractivity contribution in [3.8, 4) is 11.5 Å². The number of hydrogen-bond acceptors (Lipinski definition) is 6. The number of piperazine rings is 1. The quantitative estimate of drug-likeness (QED) is 0.709. The molecule has 146 valence electrons. The van der Waals surface area contributed by atoms with Gasteiger partial charge in [-0.15, -0.1) is 0 Å². The van der Waals surface area contributed by atoms with E-state index in [4.69, 9.17) is 8.94 Å². The molecule has 0 saturated carbocycles. The summed E-state index contributed by atoms with van der Waals surface area (Å²) in [6.45, 7) is 4.49. The van der Waals surface area contributed by atoms with Crippen LogP contribution in [-0.4, -0.2) is 60.6 Å². The number of amides is 1.